The van der Waals surface area contributed by atoms with Gasteiger partial charge in [0.25, 0.3) is 0 Å². The van der Waals surface area contributed by atoms with Crippen LogP contribution >= 0.6 is 0 Å². The molecule has 1 aromatic rings. The summed E-state index contributed by atoms with van der Waals surface area (Å²) in [6, 6.07) is 8.33. The van der Waals surface area contributed by atoms with E-state index in [1.807, 2.05) is 12.1 Å². The van der Waals surface area contributed by atoms with Crippen LogP contribution in [-0.2, 0) is 4.79 Å². The summed E-state index contributed by atoms with van der Waals surface area (Å²) in [5.74, 6) is 1.48. The average Bonchev–Trinajstić information content (AvgIpc) is 2.92. The van der Waals surface area contributed by atoms with Gasteiger partial charge in [-0.3, -0.25) is 4.79 Å². The van der Waals surface area contributed by atoms with Crippen LogP contribution in [0.25, 0.3) is 5.57 Å². The predicted octanol–water partition coefficient (Wildman–Crippen LogP) is 3.80. The van der Waals surface area contributed by atoms with E-state index in [2.05, 4.69) is 31.3 Å². The normalized spacial score (nSPS) is 28.1. The molecule has 3 rings (SSSR count). The predicted molar refractivity (Wildman–Crippen MR) is 88.7 cm³/mol. The van der Waals surface area contributed by atoms with Crippen LogP contribution in [0.15, 0.2) is 29.8 Å². The van der Waals surface area contributed by atoms with E-state index in [9.17, 15) is 4.79 Å². The Morgan fingerprint density at radius 1 is 1.27 bits per heavy atom. The van der Waals surface area contributed by atoms with Gasteiger partial charge in [0, 0.05) is 6.54 Å². The quantitative estimate of drug-likeness (QED) is 0.922. The first kappa shape index (κ1) is 15.1. The Morgan fingerprint density at radius 2 is 2.00 bits per heavy atom. The number of hydrogen-bond donors (Lipinski definition) is 1. The molecule has 0 aromatic heterocycles. The van der Waals surface area contributed by atoms with Crippen LogP contribution in [0.3, 0.4) is 0 Å². The molecule has 0 saturated carbocycles. The van der Waals surface area contributed by atoms with Gasteiger partial charge >= 0.3 is 0 Å². The highest BCUT2D eigenvalue weighted by atomic mass is 16.5. The maximum atomic E-state index is 12.4. The number of amides is 1. The number of allylic oxidation sites excluding steroid dienone is 2. The molecule has 22 heavy (non-hydrogen) atoms. The highest BCUT2D eigenvalue weighted by Gasteiger charge is 2.49. The average molecular weight is 299 g/mol. The standard InChI is InChI=1S/C19H25NO2/c1-4-16-13(2)19(11-12-20-18(19)21)10-9-17(16)14-5-7-15(22-3)8-6-14/h5-8,13H,4,9-12H2,1-3H3,(H,20,21). The molecule has 2 unspecified atom stereocenters. The first-order valence-electron chi connectivity index (χ1n) is 8.27. The molecular weight excluding hydrogens is 274 g/mol. The molecule has 1 amide bonds. The third-order valence-corrected chi connectivity index (χ3v) is 5.69. The summed E-state index contributed by atoms with van der Waals surface area (Å²) in [5, 5.41) is 3.05. The van der Waals surface area contributed by atoms with E-state index < -0.39 is 0 Å². The number of nitrogens with one attached hydrogen (secondary N) is 1. The zero-order valence-electron chi connectivity index (χ0n) is 13.7. The zero-order valence-corrected chi connectivity index (χ0v) is 13.7. The molecule has 1 aliphatic heterocycles. The maximum absolute atomic E-state index is 12.4. The Morgan fingerprint density at radius 3 is 2.55 bits per heavy atom. The van der Waals surface area contributed by atoms with E-state index in [-0.39, 0.29) is 11.3 Å². The van der Waals surface area contributed by atoms with Crippen molar-refractivity contribution >= 4 is 11.5 Å². The van der Waals surface area contributed by atoms with E-state index in [4.69, 9.17) is 4.74 Å². The molecule has 1 spiro atoms. The lowest BCUT2D eigenvalue weighted by atomic mass is 9.62. The van der Waals surface area contributed by atoms with Crippen molar-refractivity contribution in [2.45, 2.75) is 39.5 Å². The van der Waals surface area contributed by atoms with Crippen LogP contribution in [0.4, 0.5) is 0 Å². The third kappa shape index (κ3) is 2.23. The van der Waals surface area contributed by atoms with Crippen LogP contribution in [0, 0.1) is 11.3 Å². The fourth-order valence-corrected chi connectivity index (χ4v) is 4.30. The number of carbonyl (C=O) groups excluding carboxylic acids is 1. The fourth-order valence-electron chi connectivity index (χ4n) is 4.30. The van der Waals surface area contributed by atoms with Crippen molar-refractivity contribution in [3.8, 4) is 5.75 Å². The Kier molecular flexibility index (Phi) is 3.98. The van der Waals surface area contributed by atoms with Crippen molar-refractivity contribution in [3.05, 3.63) is 35.4 Å². The summed E-state index contributed by atoms with van der Waals surface area (Å²) in [6.07, 6.45) is 3.95. The lowest BCUT2D eigenvalue weighted by molar-refractivity contribution is -0.130. The third-order valence-electron chi connectivity index (χ3n) is 5.69. The molecule has 1 aliphatic carbocycles. The summed E-state index contributed by atoms with van der Waals surface area (Å²) in [5.41, 5.74) is 4.00. The Bertz CT molecular complexity index is 602. The second-order valence-electron chi connectivity index (χ2n) is 6.47. The second-order valence-corrected chi connectivity index (χ2v) is 6.47. The van der Waals surface area contributed by atoms with E-state index in [1.54, 1.807) is 7.11 Å². The largest absolute Gasteiger partial charge is 0.497 e. The molecule has 0 bridgehead atoms. The molecule has 3 heteroatoms. The van der Waals surface area contributed by atoms with Crippen molar-refractivity contribution in [3.63, 3.8) is 0 Å². The van der Waals surface area contributed by atoms with Crippen molar-refractivity contribution in [1.29, 1.82) is 0 Å². The van der Waals surface area contributed by atoms with Gasteiger partial charge in [0.1, 0.15) is 5.75 Å². The number of benzene rings is 1. The van der Waals surface area contributed by atoms with Gasteiger partial charge in [0.2, 0.25) is 5.91 Å². The van der Waals surface area contributed by atoms with Gasteiger partial charge in [-0.1, -0.05) is 31.6 Å². The lowest BCUT2D eigenvalue weighted by Crippen LogP contribution is -2.40. The van der Waals surface area contributed by atoms with Crippen molar-refractivity contribution in [1.82, 2.24) is 5.32 Å². The monoisotopic (exact) mass is 299 g/mol. The van der Waals surface area contributed by atoms with Crippen LogP contribution in [0.2, 0.25) is 0 Å². The summed E-state index contributed by atoms with van der Waals surface area (Å²) in [7, 11) is 1.69. The first-order valence-corrected chi connectivity index (χ1v) is 8.27. The topological polar surface area (TPSA) is 38.3 Å². The summed E-state index contributed by atoms with van der Waals surface area (Å²) in [6.45, 7) is 5.28. The molecule has 1 N–H and O–H groups in total. The van der Waals surface area contributed by atoms with Crippen LogP contribution in [0.5, 0.6) is 5.75 Å². The van der Waals surface area contributed by atoms with Crippen molar-refractivity contribution < 1.29 is 9.53 Å². The van der Waals surface area contributed by atoms with Gasteiger partial charge in [-0.25, -0.2) is 0 Å². The van der Waals surface area contributed by atoms with Crippen molar-refractivity contribution in [2.24, 2.45) is 11.3 Å². The minimum atomic E-state index is -0.165. The number of ether oxygens (including phenoxy) is 1. The van der Waals surface area contributed by atoms with Crippen LogP contribution in [-0.4, -0.2) is 19.6 Å². The van der Waals surface area contributed by atoms with Gasteiger partial charge in [0.05, 0.1) is 12.5 Å². The molecule has 0 radical (unpaired) electrons. The van der Waals surface area contributed by atoms with E-state index in [0.29, 0.717) is 5.92 Å². The number of carbonyl (C=O) groups is 1. The van der Waals surface area contributed by atoms with E-state index >= 15 is 0 Å². The van der Waals surface area contributed by atoms with Gasteiger partial charge < -0.3 is 10.1 Å². The Hall–Kier alpha value is -1.77. The Balaban J connectivity index is 1.99. The molecule has 1 heterocycles. The Labute approximate surface area is 132 Å². The van der Waals surface area contributed by atoms with E-state index in [1.165, 1.54) is 16.7 Å². The molecule has 3 nitrogen and oxygen atoms in total. The summed E-state index contributed by atoms with van der Waals surface area (Å²) >= 11 is 0. The van der Waals surface area contributed by atoms with Gasteiger partial charge in [0.15, 0.2) is 0 Å². The smallest absolute Gasteiger partial charge is 0.226 e. The maximum Gasteiger partial charge on any atom is 0.226 e. The van der Waals surface area contributed by atoms with Crippen LogP contribution in [0.1, 0.15) is 45.1 Å². The summed E-state index contributed by atoms with van der Waals surface area (Å²) in [4.78, 5) is 12.4. The minimum Gasteiger partial charge on any atom is -0.497 e. The highest BCUT2D eigenvalue weighted by molar-refractivity contribution is 5.87. The number of rotatable bonds is 3. The minimum absolute atomic E-state index is 0.165. The van der Waals surface area contributed by atoms with Gasteiger partial charge in [-0.05, 0) is 54.9 Å². The fraction of sp³-hybridized carbons (Fsp3) is 0.526. The molecular formula is C19H25NO2. The van der Waals surface area contributed by atoms with E-state index in [0.717, 1.165) is 38.0 Å². The van der Waals surface area contributed by atoms with Crippen molar-refractivity contribution in [2.75, 3.05) is 13.7 Å². The highest BCUT2D eigenvalue weighted by Crippen LogP contribution is 2.51. The SMILES string of the molecule is CCC1=C(c2ccc(OC)cc2)CCC2(CCNC2=O)C1C. The molecule has 118 valence electrons. The lowest BCUT2D eigenvalue weighted by Gasteiger charge is -2.40. The molecule has 2 atom stereocenters. The number of methoxy groups -OCH3 is 1. The van der Waals surface area contributed by atoms with Gasteiger partial charge in [-0.2, -0.15) is 0 Å². The molecule has 1 saturated heterocycles. The second kappa shape index (κ2) is 5.79. The summed E-state index contributed by atoms with van der Waals surface area (Å²) < 4.78 is 5.25. The number of hydrogen-bond acceptors (Lipinski definition) is 2. The van der Waals surface area contributed by atoms with Crippen LogP contribution < -0.4 is 10.1 Å². The molecule has 1 fully saturated rings. The molecule has 2 aliphatic rings. The zero-order chi connectivity index (χ0) is 15.7. The first-order chi connectivity index (χ1) is 10.6. The van der Waals surface area contributed by atoms with Gasteiger partial charge in [-0.15, -0.1) is 0 Å². The molecule has 1 aromatic carbocycles.